The van der Waals surface area contributed by atoms with Crippen LogP contribution in [0.1, 0.15) is 53.4 Å². The molecule has 4 aliphatic rings. The maximum Gasteiger partial charge on any atom is 0.303 e. The summed E-state index contributed by atoms with van der Waals surface area (Å²) in [5, 5.41) is 21.1. The molecule has 7 heteroatoms. The van der Waals surface area contributed by atoms with E-state index in [0.29, 0.717) is 24.8 Å². The molecule has 3 saturated carbocycles. The van der Waals surface area contributed by atoms with Crippen LogP contribution in [0.25, 0.3) is 0 Å². The minimum atomic E-state index is -2.02. The van der Waals surface area contributed by atoms with Crippen LogP contribution in [0.5, 0.6) is 0 Å². The number of fused-ring (bicyclic) bond motifs is 5. The molecule has 0 radical (unpaired) electrons. The number of hydrogen-bond acceptors (Lipinski definition) is 6. The Morgan fingerprint density at radius 2 is 1.97 bits per heavy atom. The number of aliphatic hydroxyl groups is 2. The predicted octanol–water partition coefficient (Wildman–Crippen LogP) is 2.47. The number of allylic oxidation sites excluding steroid dienone is 4. The van der Waals surface area contributed by atoms with Crippen molar-refractivity contribution in [3.63, 3.8) is 0 Å². The number of carbonyl (C=O) groups excluding carboxylic acids is 3. The van der Waals surface area contributed by atoms with Gasteiger partial charge in [-0.1, -0.05) is 25.5 Å². The lowest BCUT2D eigenvalue weighted by Crippen LogP contribution is -2.70. The zero-order valence-electron chi connectivity index (χ0n) is 18.5. The van der Waals surface area contributed by atoms with Gasteiger partial charge >= 0.3 is 5.97 Å². The average Bonchev–Trinajstić information content (AvgIpc) is 2.90. The van der Waals surface area contributed by atoms with Gasteiger partial charge < -0.3 is 14.9 Å². The largest absolute Gasteiger partial charge is 0.450 e. The lowest BCUT2D eigenvalue weighted by molar-refractivity contribution is -0.227. The molecule has 0 aromatic carbocycles. The smallest absolute Gasteiger partial charge is 0.303 e. The topological polar surface area (TPSA) is 101 Å². The predicted molar refractivity (Wildman–Crippen MR) is 109 cm³/mol. The average molecular weight is 435 g/mol. The third kappa shape index (κ3) is 2.53. The second-order valence-corrected chi connectivity index (χ2v) is 10.3. The third-order valence-corrected chi connectivity index (χ3v) is 9.04. The first-order valence-electron chi connectivity index (χ1n) is 11.0. The molecular formula is C24H31FO6. The van der Waals surface area contributed by atoms with E-state index in [1.54, 1.807) is 26.8 Å². The molecule has 0 aromatic rings. The number of alkyl halides is 1. The van der Waals surface area contributed by atoms with Crippen LogP contribution < -0.4 is 0 Å². The molecule has 8 atom stereocenters. The molecule has 0 spiro atoms. The summed E-state index contributed by atoms with van der Waals surface area (Å²) >= 11 is 0. The van der Waals surface area contributed by atoms with Crippen molar-refractivity contribution in [2.75, 3.05) is 6.61 Å². The van der Waals surface area contributed by atoms with Crippen molar-refractivity contribution in [3.05, 3.63) is 23.8 Å². The number of hydrogen-bond donors (Lipinski definition) is 2. The molecule has 4 aliphatic carbocycles. The number of Topliss-reactive ketones (excluding diaryl/α,β-unsaturated/α-hetero) is 1. The van der Waals surface area contributed by atoms with Crippen LogP contribution in [-0.2, 0) is 19.1 Å². The van der Waals surface area contributed by atoms with Crippen molar-refractivity contribution in [2.24, 2.45) is 28.6 Å². The molecule has 4 rings (SSSR count). The first-order chi connectivity index (χ1) is 14.4. The van der Waals surface area contributed by atoms with E-state index < -0.39 is 58.4 Å². The Morgan fingerprint density at radius 3 is 2.58 bits per heavy atom. The van der Waals surface area contributed by atoms with Crippen LogP contribution in [-0.4, -0.2) is 51.7 Å². The van der Waals surface area contributed by atoms with Gasteiger partial charge in [-0.25, -0.2) is 4.39 Å². The monoisotopic (exact) mass is 434 g/mol. The van der Waals surface area contributed by atoms with Crippen molar-refractivity contribution in [3.8, 4) is 0 Å². The Kier molecular flexibility index (Phi) is 4.91. The number of rotatable bonds is 3. The summed E-state index contributed by atoms with van der Waals surface area (Å²) in [6, 6.07) is 0. The summed E-state index contributed by atoms with van der Waals surface area (Å²) in [6.07, 6.45) is 4.29. The first kappa shape index (κ1) is 22.3. The van der Waals surface area contributed by atoms with E-state index in [0.717, 1.165) is 0 Å². The van der Waals surface area contributed by atoms with Gasteiger partial charge in [0.1, 0.15) is 6.61 Å². The SMILES string of the molecule is CC(=O)O[C@]1(C(=O)CO)[C@H](C)C[C@@H]2[C@@H]3CCC4=CC(=O)C=C[C@]4(C)[C@@]3(F)[C@@H](O)C[C@@]21C. The number of ether oxygens (including phenoxy) is 1. The van der Waals surface area contributed by atoms with E-state index in [1.165, 1.54) is 19.1 Å². The molecule has 31 heavy (non-hydrogen) atoms. The number of esters is 1. The van der Waals surface area contributed by atoms with E-state index >= 15 is 4.39 Å². The van der Waals surface area contributed by atoms with Gasteiger partial charge in [0.15, 0.2) is 17.1 Å². The maximum atomic E-state index is 17.1. The van der Waals surface area contributed by atoms with Gasteiger partial charge in [0, 0.05) is 29.6 Å². The molecular weight excluding hydrogens is 403 g/mol. The van der Waals surface area contributed by atoms with Gasteiger partial charge in [-0.3, -0.25) is 14.4 Å². The summed E-state index contributed by atoms with van der Waals surface area (Å²) in [6.45, 7) is 5.74. The lowest BCUT2D eigenvalue weighted by atomic mass is 9.44. The molecule has 0 heterocycles. The number of halogens is 1. The molecule has 0 amide bonds. The molecule has 0 unspecified atom stereocenters. The Labute approximate surface area is 181 Å². The molecule has 170 valence electrons. The highest BCUT2D eigenvalue weighted by atomic mass is 19.1. The summed E-state index contributed by atoms with van der Waals surface area (Å²) in [5.74, 6) is -2.79. The van der Waals surface area contributed by atoms with Crippen LogP contribution in [0.2, 0.25) is 0 Å². The fourth-order valence-corrected chi connectivity index (χ4v) is 7.74. The fraction of sp³-hybridized carbons (Fsp3) is 0.708. The fourth-order valence-electron chi connectivity index (χ4n) is 7.74. The Balaban J connectivity index is 1.86. The van der Waals surface area contributed by atoms with Gasteiger partial charge in [-0.15, -0.1) is 0 Å². The van der Waals surface area contributed by atoms with Crippen LogP contribution in [0, 0.1) is 28.6 Å². The van der Waals surface area contributed by atoms with Crippen LogP contribution in [0.15, 0.2) is 23.8 Å². The third-order valence-electron chi connectivity index (χ3n) is 9.04. The van der Waals surface area contributed by atoms with Crippen LogP contribution >= 0.6 is 0 Å². The molecule has 3 fully saturated rings. The maximum absolute atomic E-state index is 17.1. The van der Waals surface area contributed by atoms with Gasteiger partial charge in [0.25, 0.3) is 0 Å². The summed E-state index contributed by atoms with van der Waals surface area (Å²) in [5.41, 5.74) is -5.10. The van der Waals surface area contributed by atoms with Gasteiger partial charge in [-0.2, -0.15) is 0 Å². The highest BCUT2D eigenvalue weighted by Gasteiger charge is 2.77. The summed E-state index contributed by atoms with van der Waals surface area (Å²) in [4.78, 5) is 37.0. The number of ketones is 2. The van der Waals surface area contributed by atoms with Crippen LogP contribution in [0.4, 0.5) is 4.39 Å². The van der Waals surface area contributed by atoms with Gasteiger partial charge in [0.2, 0.25) is 5.78 Å². The highest BCUT2D eigenvalue weighted by Crippen LogP contribution is 2.71. The van der Waals surface area contributed by atoms with E-state index in [2.05, 4.69) is 0 Å². The molecule has 6 nitrogen and oxygen atoms in total. The van der Waals surface area contributed by atoms with E-state index in [1.807, 2.05) is 0 Å². The zero-order chi connectivity index (χ0) is 23.0. The van der Waals surface area contributed by atoms with E-state index in [4.69, 9.17) is 4.74 Å². The lowest BCUT2D eigenvalue weighted by Gasteiger charge is -2.62. The number of aliphatic hydroxyl groups excluding tert-OH is 2. The van der Waals surface area contributed by atoms with Crippen molar-refractivity contribution >= 4 is 17.5 Å². The molecule has 0 aromatic heterocycles. The Bertz CT molecular complexity index is 910. The highest BCUT2D eigenvalue weighted by molar-refractivity contribution is 6.01. The molecule has 2 N–H and O–H groups in total. The van der Waals surface area contributed by atoms with Gasteiger partial charge in [-0.05, 0) is 50.7 Å². The molecule has 0 aliphatic heterocycles. The zero-order valence-corrected chi connectivity index (χ0v) is 18.5. The summed E-state index contributed by atoms with van der Waals surface area (Å²) in [7, 11) is 0. The second-order valence-electron chi connectivity index (χ2n) is 10.3. The Morgan fingerprint density at radius 1 is 1.29 bits per heavy atom. The summed E-state index contributed by atoms with van der Waals surface area (Å²) < 4.78 is 22.8. The molecule has 0 bridgehead atoms. The quantitative estimate of drug-likeness (QED) is 0.662. The minimum absolute atomic E-state index is 0.0846. The van der Waals surface area contributed by atoms with Crippen molar-refractivity contribution in [2.45, 2.75) is 70.8 Å². The first-order valence-corrected chi connectivity index (χ1v) is 11.0. The minimum Gasteiger partial charge on any atom is -0.450 e. The molecule has 0 saturated heterocycles. The van der Waals surface area contributed by atoms with E-state index in [-0.39, 0.29) is 18.1 Å². The second kappa shape index (κ2) is 6.82. The normalized spacial score (nSPS) is 48.4. The van der Waals surface area contributed by atoms with Gasteiger partial charge in [0.05, 0.1) is 6.10 Å². The standard InChI is InChI=1S/C24H31FO6/c1-13-9-18-17-6-5-15-10-16(28)7-8-21(15,3)23(17,25)19(29)11-22(18,4)24(13,20(30)12-26)31-14(2)27/h7-8,10,13,17-19,26,29H,5-6,9,11-12H2,1-4H3/t13-,17+,18-,19+,21+,22+,23+,24+/m1/s1. The Hall–Kier alpha value is -1.86. The van der Waals surface area contributed by atoms with Crippen molar-refractivity contribution in [1.29, 1.82) is 0 Å². The van der Waals surface area contributed by atoms with E-state index in [9.17, 15) is 24.6 Å². The number of carbonyl (C=O) groups is 3. The van der Waals surface area contributed by atoms with Crippen molar-refractivity contribution in [1.82, 2.24) is 0 Å². The van der Waals surface area contributed by atoms with Crippen LogP contribution in [0.3, 0.4) is 0 Å². The van der Waals surface area contributed by atoms with Crippen molar-refractivity contribution < 1.29 is 33.7 Å².